The second-order valence-corrected chi connectivity index (χ2v) is 11.1. The van der Waals surface area contributed by atoms with Gasteiger partial charge in [0.05, 0.1) is 18.5 Å². The highest BCUT2D eigenvalue weighted by Crippen LogP contribution is 2.42. The number of hydrogen-bond acceptors (Lipinski definition) is 4. The van der Waals surface area contributed by atoms with Gasteiger partial charge in [-0.05, 0) is 65.4 Å². The minimum atomic E-state index is 0.00515. The van der Waals surface area contributed by atoms with Gasteiger partial charge in [0.1, 0.15) is 5.75 Å². The van der Waals surface area contributed by atoms with E-state index in [2.05, 4.69) is 66.7 Å². The number of fused-ring (bicyclic) bond motifs is 1. The van der Waals surface area contributed by atoms with Crippen LogP contribution >= 0.6 is 11.3 Å². The first-order valence-electron chi connectivity index (χ1n) is 12.4. The number of thiophene rings is 1. The number of likely N-dealkylation sites (N-methyl/N-ethyl adjacent to an activating group) is 1. The Bertz CT molecular complexity index is 1310. The lowest BCUT2D eigenvalue weighted by molar-refractivity contribution is -0.127. The van der Waals surface area contributed by atoms with E-state index in [1.165, 1.54) is 19.3 Å². The Kier molecular flexibility index (Phi) is 6.60. The van der Waals surface area contributed by atoms with E-state index in [0.29, 0.717) is 11.9 Å². The number of carbonyl (C=O) groups excluding carboxylic acids is 1. The fraction of sp³-hybridized carbons (Fsp3) is 0.345. The van der Waals surface area contributed by atoms with E-state index < -0.39 is 0 Å². The summed E-state index contributed by atoms with van der Waals surface area (Å²) >= 11 is 1.66. The van der Waals surface area contributed by atoms with Gasteiger partial charge >= 0.3 is 0 Å². The van der Waals surface area contributed by atoms with Crippen LogP contribution in [0.4, 0.5) is 5.69 Å². The van der Waals surface area contributed by atoms with Crippen molar-refractivity contribution in [3.63, 3.8) is 0 Å². The minimum Gasteiger partial charge on any atom is -0.496 e. The van der Waals surface area contributed by atoms with Gasteiger partial charge in [0, 0.05) is 55.1 Å². The van der Waals surface area contributed by atoms with Gasteiger partial charge in [-0.15, -0.1) is 0 Å². The molecule has 1 aliphatic heterocycles. The number of nitrogens with zero attached hydrogens (tertiary/aromatic N) is 2. The third kappa shape index (κ3) is 4.41. The summed E-state index contributed by atoms with van der Waals surface area (Å²) < 4.78 is 5.77. The number of methoxy groups -OCH3 is 1. The number of H-pyrrole nitrogens is 1. The molecule has 2 aromatic heterocycles. The first-order chi connectivity index (χ1) is 17.3. The predicted molar refractivity (Wildman–Crippen MR) is 151 cm³/mol. The van der Waals surface area contributed by atoms with Crippen molar-refractivity contribution in [3.05, 3.63) is 70.7 Å². The number of aromatic amines is 1. The number of carbonyl (C=O) groups is 1. The van der Waals surface area contributed by atoms with Crippen LogP contribution in [0, 0.1) is 5.41 Å². The number of benzene rings is 1. The van der Waals surface area contributed by atoms with Crippen molar-refractivity contribution in [1.29, 1.82) is 0 Å². The summed E-state index contributed by atoms with van der Waals surface area (Å²) in [4.78, 5) is 20.8. The summed E-state index contributed by atoms with van der Waals surface area (Å²) in [5.74, 6) is 0.833. The smallest absolute Gasteiger partial charge is 0.253 e. The van der Waals surface area contributed by atoms with Crippen molar-refractivity contribution < 1.29 is 9.53 Å². The second kappa shape index (κ2) is 9.70. The van der Waals surface area contributed by atoms with Crippen LogP contribution in [0.1, 0.15) is 31.7 Å². The standard InChI is InChI=1S/C29H33BN3O2S/c1-19(28(34)32(3)18-29(2)9-6-10-29)24-15-30-25-14-26(35-5)22(20-7-11-31-16-20)13-23(25)27(24)33(4)21-8-12-36-17-21/h7-8,11-14,16-17,31H,1,6,9-10,15,18H2,2-5H3. The van der Waals surface area contributed by atoms with Crippen molar-refractivity contribution in [2.24, 2.45) is 5.41 Å². The van der Waals surface area contributed by atoms with Crippen molar-refractivity contribution in [2.75, 3.05) is 32.6 Å². The zero-order valence-corrected chi connectivity index (χ0v) is 22.4. The molecule has 5 nitrogen and oxygen atoms in total. The van der Waals surface area contributed by atoms with Crippen LogP contribution in [0.3, 0.4) is 0 Å². The molecular formula is C29H33BN3O2S. The molecule has 185 valence electrons. The number of anilines is 1. The SMILES string of the molecule is C=C(C(=O)N(C)CC1(C)CCC1)C1=C(N(C)c2ccsc2)c2cc(-c3cc[nH]c3)c(OC)cc2[B]C1. The number of hydrogen-bond donors (Lipinski definition) is 1. The molecule has 1 aromatic carbocycles. The van der Waals surface area contributed by atoms with Crippen molar-refractivity contribution in [3.8, 4) is 16.9 Å². The molecule has 1 fully saturated rings. The van der Waals surface area contributed by atoms with Gasteiger partial charge in [0.25, 0.3) is 5.91 Å². The molecule has 3 heterocycles. The van der Waals surface area contributed by atoms with Gasteiger partial charge in [-0.25, -0.2) is 0 Å². The molecule has 1 radical (unpaired) electrons. The van der Waals surface area contributed by atoms with E-state index >= 15 is 0 Å². The molecule has 1 N–H and O–H groups in total. The van der Waals surface area contributed by atoms with Crippen LogP contribution in [0.15, 0.2) is 65.1 Å². The third-order valence-electron chi connectivity index (χ3n) is 7.73. The number of aromatic nitrogens is 1. The van der Waals surface area contributed by atoms with E-state index in [0.717, 1.165) is 51.4 Å². The summed E-state index contributed by atoms with van der Waals surface area (Å²) in [6, 6.07) is 8.44. The van der Waals surface area contributed by atoms with E-state index in [4.69, 9.17) is 4.74 Å². The van der Waals surface area contributed by atoms with Crippen LogP contribution < -0.4 is 15.1 Å². The monoisotopic (exact) mass is 498 g/mol. The quantitative estimate of drug-likeness (QED) is 0.327. The lowest BCUT2D eigenvalue weighted by Gasteiger charge is -2.41. The molecule has 0 spiro atoms. The summed E-state index contributed by atoms with van der Waals surface area (Å²) in [6.07, 6.45) is 8.13. The number of ether oxygens (including phenoxy) is 1. The number of amides is 1. The maximum Gasteiger partial charge on any atom is 0.253 e. The molecule has 0 unspecified atom stereocenters. The van der Waals surface area contributed by atoms with E-state index in [9.17, 15) is 4.79 Å². The van der Waals surface area contributed by atoms with Crippen LogP contribution in [0.5, 0.6) is 5.75 Å². The molecule has 1 aliphatic carbocycles. The molecule has 0 saturated heterocycles. The Labute approximate surface area is 218 Å². The fourth-order valence-electron chi connectivity index (χ4n) is 5.50. The summed E-state index contributed by atoms with van der Waals surface area (Å²) in [5, 5.41) is 4.21. The third-order valence-corrected chi connectivity index (χ3v) is 8.40. The van der Waals surface area contributed by atoms with Gasteiger partial charge in [-0.1, -0.05) is 25.4 Å². The van der Waals surface area contributed by atoms with Crippen molar-refractivity contribution >= 4 is 41.4 Å². The average molecular weight is 498 g/mol. The van der Waals surface area contributed by atoms with Gasteiger partial charge < -0.3 is 19.5 Å². The Balaban J connectivity index is 1.60. The van der Waals surface area contributed by atoms with Crippen LogP contribution in [0.2, 0.25) is 6.32 Å². The molecule has 0 atom stereocenters. The van der Waals surface area contributed by atoms with Crippen molar-refractivity contribution in [2.45, 2.75) is 32.5 Å². The minimum absolute atomic E-state index is 0.00515. The van der Waals surface area contributed by atoms with Gasteiger partial charge in [0.2, 0.25) is 0 Å². The number of nitrogens with one attached hydrogen (secondary N) is 1. The van der Waals surface area contributed by atoms with E-state index in [-0.39, 0.29) is 11.3 Å². The molecule has 2 aliphatic rings. The van der Waals surface area contributed by atoms with Crippen LogP contribution in [-0.4, -0.2) is 50.8 Å². The Morgan fingerprint density at radius 3 is 2.67 bits per heavy atom. The average Bonchev–Trinajstić information content (AvgIpc) is 3.59. The molecular weight excluding hydrogens is 465 g/mol. The summed E-state index contributed by atoms with van der Waals surface area (Å²) in [7, 11) is 7.88. The molecule has 7 heteroatoms. The van der Waals surface area contributed by atoms with Crippen LogP contribution in [0.25, 0.3) is 16.8 Å². The molecule has 36 heavy (non-hydrogen) atoms. The largest absolute Gasteiger partial charge is 0.496 e. The van der Waals surface area contributed by atoms with Gasteiger partial charge in [-0.3, -0.25) is 4.79 Å². The molecule has 5 rings (SSSR count). The van der Waals surface area contributed by atoms with E-state index in [1.54, 1.807) is 18.4 Å². The fourth-order valence-corrected chi connectivity index (χ4v) is 6.17. The van der Waals surface area contributed by atoms with Crippen molar-refractivity contribution in [1.82, 2.24) is 9.88 Å². The Morgan fingerprint density at radius 2 is 2.06 bits per heavy atom. The lowest BCUT2D eigenvalue weighted by Crippen LogP contribution is -2.42. The highest BCUT2D eigenvalue weighted by molar-refractivity contribution is 7.08. The predicted octanol–water partition coefficient (Wildman–Crippen LogP) is 5.57. The highest BCUT2D eigenvalue weighted by atomic mass is 32.1. The van der Waals surface area contributed by atoms with Gasteiger partial charge in [0.15, 0.2) is 7.28 Å². The normalized spacial score (nSPS) is 16.0. The molecule has 1 amide bonds. The summed E-state index contributed by atoms with van der Waals surface area (Å²) in [5.41, 5.74) is 8.12. The zero-order chi connectivity index (χ0) is 25.4. The van der Waals surface area contributed by atoms with Gasteiger partial charge in [-0.2, -0.15) is 11.3 Å². The maximum absolute atomic E-state index is 13.6. The summed E-state index contributed by atoms with van der Waals surface area (Å²) in [6.45, 7) is 7.39. The molecule has 0 bridgehead atoms. The molecule has 1 saturated carbocycles. The first-order valence-corrected chi connectivity index (χ1v) is 13.4. The second-order valence-electron chi connectivity index (χ2n) is 10.3. The highest BCUT2D eigenvalue weighted by Gasteiger charge is 2.35. The number of rotatable bonds is 8. The Hall–Kier alpha value is -3.19. The van der Waals surface area contributed by atoms with E-state index in [1.807, 2.05) is 30.4 Å². The zero-order valence-electron chi connectivity index (χ0n) is 21.6. The lowest BCUT2D eigenvalue weighted by atomic mass is 9.58. The van der Waals surface area contributed by atoms with Crippen LogP contribution in [-0.2, 0) is 4.79 Å². The maximum atomic E-state index is 13.6. The topological polar surface area (TPSA) is 48.6 Å². The first kappa shape index (κ1) is 24.5. The Morgan fingerprint density at radius 1 is 1.25 bits per heavy atom. The molecule has 3 aromatic rings.